The van der Waals surface area contributed by atoms with Crippen LogP contribution >= 0.6 is 0 Å². The van der Waals surface area contributed by atoms with Crippen LogP contribution in [-0.4, -0.2) is 31.3 Å². The van der Waals surface area contributed by atoms with Gasteiger partial charge in [0.1, 0.15) is 0 Å². The molecule has 0 amide bonds. The topological polar surface area (TPSA) is 24.5 Å². The Hall–Kier alpha value is -0.900. The summed E-state index contributed by atoms with van der Waals surface area (Å²) in [5.74, 6) is 0. The molecule has 0 aromatic heterocycles. The number of hydrazine groups is 1. The van der Waals surface area contributed by atoms with E-state index in [2.05, 4.69) is 62.4 Å². The summed E-state index contributed by atoms with van der Waals surface area (Å²) in [4.78, 5) is 0. The van der Waals surface area contributed by atoms with Crippen molar-refractivity contribution in [1.82, 2.24) is 10.4 Å². The van der Waals surface area contributed by atoms with Crippen LogP contribution in [-0.2, 0) is 10.2 Å². The average Bonchev–Trinajstić information content (AvgIpc) is 2.39. The lowest BCUT2D eigenvalue weighted by molar-refractivity contribution is 0.00484. The Balaban J connectivity index is 1.97. The zero-order valence-corrected chi connectivity index (χ0v) is 12.6. The molecule has 0 radical (unpaired) electrons. The highest BCUT2D eigenvalue weighted by Crippen LogP contribution is 2.24. The van der Waals surface area contributed by atoms with Gasteiger partial charge in [0.25, 0.3) is 0 Å². The second-order valence-electron chi connectivity index (χ2n) is 6.32. The zero-order valence-electron chi connectivity index (χ0n) is 12.6. The molecule has 1 atom stereocenters. The van der Waals surface area contributed by atoms with Crippen molar-refractivity contribution in [3.05, 3.63) is 35.4 Å². The third-order valence-electron chi connectivity index (χ3n) is 3.66. The molecule has 1 aliphatic heterocycles. The molecule has 1 heterocycles. The molecule has 1 aromatic rings. The summed E-state index contributed by atoms with van der Waals surface area (Å²) < 4.78 is 5.36. The lowest BCUT2D eigenvalue weighted by Gasteiger charge is -2.30. The predicted octanol–water partition coefficient (Wildman–Crippen LogP) is 2.88. The van der Waals surface area contributed by atoms with Crippen molar-refractivity contribution in [1.29, 1.82) is 0 Å². The Morgan fingerprint density at radius 1 is 1.11 bits per heavy atom. The largest absolute Gasteiger partial charge is 0.379 e. The Kier molecular flexibility index (Phi) is 4.61. The van der Waals surface area contributed by atoms with E-state index in [1.54, 1.807) is 0 Å². The van der Waals surface area contributed by atoms with Crippen LogP contribution in [0.1, 0.15) is 44.9 Å². The van der Waals surface area contributed by atoms with Gasteiger partial charge in [-0.25, -0.2) is 10.4 Å². The van der Waals surface area contributed by atoms with Crippen molar-refractivity contribution in [3.8, 4) is 0 Å². The van der Waals surface area contributed by atoms with Gasteiger partial charge in [0.15, 0.2) is 0 Å². The van der Waals surface area contributed by atoms with E-state index in [-0.39, 0.29) is 5.41 Å². The first-order valence-corrected chi connectivity index (χ1v) is 7.16. The Labute approximate surface area is 116 Å². The quantitative estimate of drug-likeness (QED) is 0.906. The molecule has 19 heavy (non-hydrogen) atoms. The fourth-order valence-electron chi connectivity index (χ4n) is 2.31. The number of hydrogen-bond donors (Lipinski definition) is 1. The van der Waals surface area contributed by atoms with Gasteiger partial charge in [0.05, 0.1) is 13.2 Å². The molecule has 106 valence electrons. The molecular weight excluding hydrogens is 236 g/mol. The van der Waals surface area contributed by atoms with E-state index in [9.17, 15) is 0 Å². The lowest BCUT2D eigenvalue weighted by atomic mass is 9.86. The van der Waals surface area contributed by atoms with Crippen LogP contribution in [0.4, 0.5) is 0 Å². The average molecular weight is 262 g/mol. The molecule has 0 bridgehead atoms. The number of rotatable bonds is 3. The van der Waals surface area contributed by atoms with Crippen molar-refractivity contribution < 1.29 is 4.74 Å². The number of morpholine rings is 1. The number of nitrogens with zero attached hydrogens (tertiary/aromatic N) is 1. The van der Waals surface area contributed by atoms with Gasteiger partial charge >= 0.3 is 0 Å². The van der Waals surface area contributed by atoms with E-state index in [4.69, 9.17) is 4.74 Å². The first kappa shape index (κ1) is 14.5. The summed E-state index contributed by atoms with van der Waals surface area (Å²) in [7, 11) is 0. The van der Waals surface area contributed by atoms with Crippen LogP contribution in [0, 0.1) is 0 Å². The third-order valence-corrected chi connectivity index (χ3v) is 3.66. The third kappa shape index (κ3) is 4.03. The molecule has 0 aliphatic carbocycles. The molecule has 0 spiro atoms. The van der Waals surface area contributed by atoms with Crippen LogP contribution in [0.25, 0.3) is 0 Å². The molecular formula is C16H26N2O. The minimum absolute atomic E-state index is 0.222. The molecule has 1 saturated heterocycles. The van der Waals surface area contributed by atoms with E-state index >= 15 is 0 Å². The van der Waals surface area contributed by atoms with Gasteiger partial charge in [-0.1, -0.05) is 45.0 Å². The van der Waals surface area contributed by atoms with Gasteiger partial charge in [0.2, 0.25) is 0 Å². The fourth-order valence-corrected chi connectivity index (χ4v) is 2.31. The summed E-state index contributed by atoms with van der Waals surface area (Å²) in [5.41, 5.74) is 6.49. The maximum absolute atomic E-state index is 5.36. The number of benzene rings is 1. The van der Waals surface area contributed by atoms with Crippen LogP contribution in [0.15, 0.2) is 24.3 Å². The second kappa shape index (κ2) is 6.04. The minimum Gasteiger partial charge on any atom is -0.379 e. The molecule has 2 rings (SSSR count). The van der Waals surface area contributed by atoms with Gasteiger partial charge in [-0.15, -0.1) is 0 Å². The highest BCUT2D eigenvalue weighted by molar-refractivity contribution is 5.28. The van der Waals surface area contributed by atoms with Crippen LogP contribution in [0.5, 0.6) is 0 Å². The van der Waals surface area contributed by atoms with Gasteiger partial charge in [-0.05, 0) is 23.5 Å². The van der Waals surface area contributed by atoms with Crippen molar-refractivity contribution in [2.45, 2.75) is 39.2 Å². The van der Waals surface area contributed by atoms with Gasteiger partial charge in [0, 0.05) is 19.1 Å². The maximum atomic E-state index is 5.36. The van der Waals surface area contributed by atoms with Crippen molar-refractivity contribution in [3.63, 3.8) is 0 Å². The highest BCUT2D eigenvalue weighted by Gasteiger charge is 2.16. The highest BCUT2D eigenvalue weighted by atomic mass is 16.5. The Morgan fingerprint density at radius 3 is 2.21 bits per heavy atom. The first-order chi connectivity index (χ1) is 8.97. The normalized spacial score (nSPS) is 19.4. The van der Waals surface area contributed by atoms with Crippen LogP contribution < -0.4 is 5.43 Å². The molecule has 1 aliphatic rings. The van der Waals surface area contributed by atoms with Gasteiger partial charge in [-0.2, -0.15) is 0 Å². The summed E-state index contributed by atoms with van der Waals surface area (Å²) >= 11 is 0. The molecule has 1 aromatic carbocycles. The monoisotopic (exact) mass is 262 g/mol. The molecule has 0 saturated carbocycles. The Morgan fingerprint density at radius 2 is 1.68 bits per heavy atom. The molecule has 1 fully saturated rings. The number of hydrogen-bond acceptors (Lipinski definition) is 3. The maximum Gasteiger partial charge on any atom is 0.0608 e. The number of ether oxygens (including phenoxy) is 1. The smallest absolute Gasteiger partial charge is 0.0608 e. The van der Waals surface area contributed by atoms with Crippen LogP contribution in [0.3, 0.4) is 0 Å². The standard InChI is InChI=1S/C16H26N2O/c1-13(17-18-9-11-19-12-10-18)14-5-7-15(8-6-14)16(2,3)4/h5-8,13,17H,9-12H2,1-4H3. The summed E-state index contributed by atoms with van der Waals surface area (Å²) in [6, 6.07) is 9.30. The molecule has 1 N–H and O–H groups in total. The Bertz CT molecular complexity index is 388. The van der Waals surface area contributed by atoms with E-state index in [0.29, 0.717) is 6.04 Å². The summed E-state index contributed by atoms with van der Waals surface area (Å²) in [6.45, 7) is 12.5. The van der Waals surface area contributed by atoms with Crippen molar-refractivity contribution in [2.75, 3.05) is 26.3 Å². The van der Waals surface area contributed by atoms with E-state index < -0.39 is 0 Å². The van der Waals surface area contributed by atoms with Crippen LogP contribution in [0.2, 0.25) is 0 Å². The van der Waals surface area contributed by atoms with Gasteiger partial charge in [-0.3, -0.25) is 0 Å². The van der Waals surface area contributed by atoms with E-state index in [1.807, 2.05) is 0 Å². The fraction of sp³-hybridized carbons (Fsp3) is 0.625. The van der Waals surface area contributed by atoms with Crippen molar-refractivity contribution >= 4 is 0 Å². The predicted molar refractivity (Wildman–Crippen MR) is 79.1 cm³/mol. The number of nitrogens with one attached hydrogen (secondary N) is 1. The summed E-state index contributed by atoms with van der Waals surface area (Å²) in [6.07, 6.45) is 0. The van der Waals surface area contributed by atoms with Gasteiger partial charge < -0.3 is 4.74 Å². The second-order valence-corrected chi connectivity index (χ2v) is 6.32. The van der Waals surface area contributed by atoms with Crippen molar-refractivity contribution in [2.24, 2.45) is 0 Å². The molecule has 1 unspecified atom stereocenters. The lowest BCUT2D eigenvalue weighted by Crippen LogP contribution is -2.46. The molecule has 3 nitrogen and oxygen atoms in total. The summed E-state index contributed by atoms with van der Waals surface area (Å²) in [5, 5.41) is 2.26. The van der Waals surface area contributed by atoms with E-state index in [0.717, 1.165) is 26.3 Å². The zero-order chi connectivity index (χ0) is 13.9. The molecule has 3 heteroatoms. The SMILES string of the molecule is CC(NN1CCOCC1)c1ccc(C(C)(C)C)cc1. The minimum atomic E-state index is 0.222. The first-order valence-electron chi connectivity index (χ1n) is 7.16. The van der Waals surface area contributed by atoms with E-state index in [1.165, 1.54) is 11.1 Å².